The van der Waals surface area contributed by atoms with Crippen LogP contribution < -0.4 is 5.32 Å². The average molecular weight is 389 g/mol. The number of nitrogens with one attached hydrogen (secondary N) is 1. The van der Waals surface area contributed by atoms with Gasteiger partial charge in [-0.2, -0.15) is 0 Å². The average Bonchev–Trinajstić information content (AvgIpc) is 3.11. The zero-order valence-electron chi connectivity index (χ0n) is 16.3. The predicted molar refractivity (Wildman–Crippen MR) is 102 cm³/mol. The van der Waals surface area contributed by atoms with E-state index in [1.807, 2.05) is 4.57 Å². The molecule has 0 radical (unpaired) electrons. The molecule has 28 heavy (non-hydrogen) atoms. The molecule has 0 saturated carbocycles. The molecular weight excluding hydrogens is 362 g/mol. The summed E-state index contributed by atoms with van der Waals surface area (Å²) in [6, 6.07) is 0. The summed E-state index contributed by atoms with van der Waals surface area (Å²) in [6.07, 6.45) is 3.91. The molecule has 9 heteroatoms. The monoisotopic (exact) mass is 389 g/mol. The maximum absolute atomic E-state index is 13.1. The number of hydrogen-bond donors (Lipinski definition) is 1. The van der Waals surface area contributed by atoms with E-state index in [9.17, 15) is 14.4 Å². The highest BCUT2D eigenvalue weighted by Gasteiger charge is 2.32. The molecule has 0 aromatic carbocycles. The number of aromatic nitrogens is 2. The zero-order valence-corrected chi connectivity index (χ0v) is 16.3. The molecule has 0 bridgehead atoms. The number of carbonyl (C=O) groups is 3. The van der Waals surface area contributed by atoms with Crippen LogP contribution in [-0.2, 0) is 17.7 Å². The fourth-order valence-electron chi connectivity index (χ4n) is 3.59. The number of ether oxygens (including phenoxy) is 1. The van der Waals surface area contributed by atoms with Gasteiger partial charge in [0.2, 0.25) is 0 Å². The van der Waals surface area contributed by atoms with Crippen molar-refractivity contribution in [2.45, 2.75) is 32.7 Å². The highest BCUT2D eigenvalue weighted by Crippen LogP contribution is 2.22. The van der Waals surface area contributed by atoms with Crippen molar-refractivity contribution < 1.29 is 19.1 Å². The Bertz CT molecular complexity index is 765. The van der Waals surface area contributed by atoms with Crippen molar-refractivity contribution in [1.29, 1.82) is 0 Å². The van der Waals surface area contributed by atoms with Crippen molar-refractivity contribution >= 4 is 17.9 Å². The van der Waals surface area contributed by atoms with Crippen LogP contribution in [0.25, 0.3) is 0 Å². The molecule has 0 spiro atoms. The van der Waals surface area contributed by atoms with Gasteiger partial charge in [0.05, 0.1) is 12.3 Å². The summed E-state index contributed by atoms with van der Waals surface area (Å²) >= 11 is 0. The van der Waals surface area contributed by atoms with E-state index in [1.54, 1.807) is 22.8 Å². The van der Waals surface area contributed by atoms with Crippen LogP contribution in [0.5, 0.6) is 0 Å². The van der Waals surface area contributed by atoms with Gasteiger partial charge < -0.3 is 24.4 Å². The van der Waals surface area contributed by atoms with Crippen LogP contribution in [0.15, 0.2) is 12.7 Å². The second kappa shape index (κ2) is 8.90. The van der Waals surface area contributed by atoms with Gasteiger partial charge in [0, 0.05) is 39.3 Å². The first kappa shape index (κ1) is 19.9. The lowest BCUT2D eigenvalue weighted by atomic mass is 10.1. The molecule has 2 aliphatic heterocycles. The minimum Gasteiger partial charge on any atom is -0.450 e. The van der Waals surface area contributed by atoms with E-state index in [2.05, 4.69) is 16.9 Å². The van der Waals surface area contributed by atoms with E-state index in [1.165, 1.54) is 0 Å². The van der Waals surface area contributed by atoms with E-state index in [0.717, 1.165) is 25.0 Å². The van der Waals surface area contributed by atoms with Gasteiger partial charge in [-0.15, -0.1) is 6.58 Å². The summed E-state index contributed by atoms with van der Waals surface area (Å²) in [4.78, 5) is 45.1. The van der Waals surface area contributed by atoms with Gasteiger partial charge in [0.1, 0.15) is 5.69 Å². The summed E-state index contributed by atoms with van der Waals surface area (Å²) in [6.45, 7) is 8.40. The molecule has 152 valence electrons. The van der Waals surface area contributed by atoms with Crippen LogP contribution in [0.2, 0.25) is 0 Å². The van der Waals surface area contributed by atoms with Crippen LogP contribution in [0, 0.1) is 0 Å². The van der Waals surface area contributed by atoms with Crippen molar-refractivity contribution in [3.63, 3.8) is 0 Å². The first-order valence-electron chi connectivity index (χ1n) is 9.76. The Morgan fingerprint density at radius 1 is 1.14 bits per heavy atom. The second-order valence-electron chi connectivity index (χ2n) is 6.82. The topological polar surface area (TPSA) is 96.8 Å². The van der Waals surface area contributed by atoms with Crippen molar-refractivity contribution in [3.8, 4) is 0 Å². The third-order valence-corrected chi connectivity index (χ3v) is 5.02. The van der Waals surface area contributed by atoms with E-state index in [-0.39, 0.29) is 17.9 Å². The Labute approximate surface area is 164 Å². The Hall–Kier alpha value is -2.84. The standard InChI is InChI=1S/C19H27N5O4/c1-3-8-20-17(25)15-14-7-5-6-9-24(14)16(21-15)18(26)22-10-12-23(13-11-22)19(27)28-4-2/h3H,1,4-13H2,2H3,(H,20,25). The zero-order chi connectivity index (χ0) is 20.1. The quantitative estimate of drug-likeness (QED) is 0.760. The van der Waals surface area contributed by atoms with Crippen LogP contribution in [0.4, 0.5) is 4.79 Å². The molecule has 2 aliphatic rings. The number of piperazine rings is 1. The second-order valence-corrected chi connectivity index (χ2v) is 6.82. The van der Waals surface area contributed by atoms with Crippen molar-refractivity contribution in [1.82, 2.24) is 24.7 Å². The molecule has 1 saturated heterocycles. The highest BCUT2D eigenvalue weighted by atomic mass is 16.6. The summed E-state index contributed by atoms with van der Waals surface area (Å²) < 4.78 is 6.89. The van der Waals surface area contributed by atoms with Crippen molar-refractivity contribution in [3.05, 3.63) is 29.9 Å². The number of hydrogen-bond acceptors (Lipinski definition) is 5. The van der Waals surface area contributed by atoms with Gasteiger partial charge in [-0.1, -0.05) is 6.08 Å². The van der Waals surface area contributed by atoms with Gasteiger partial charge in [0.15, 0.2) is 5.82 Å². The number of carbonyl (C=O) groups excluding carboxylic acids is 3. The molecule has 0 atom stereocenters. The van der Waals surface area contributed by atoms with Crippen LogP contribution in [0.1, 0.15) is 46.6 Å². The molecule has 3 rings (SSSR count). The largest absolute Gasteiger partial charge is 0.450 e. The number of fused-ring (bicyclic) bond motifs is 1. The summed E-state index contributed by atoms with van der Waals surface area (Å²) in [5.74, 6) is -0.172. The number of imidazole rings is 1. The first-order valence-corrected chi connectivity index (χ1v) is 9.76. The summed E-state index contributed by atoms with van der Waals surface area (Å²) in [7, 11) is 0. The highest BCUT2D eigenvalue weighted by molar-refractivity contribution is 5.97. The first-order chi connectivity index (χ1) is 13.6. The van der Waals surface area contributed by atoms with Gasteiger partial charge in [0.25, 0.3) is 11.8 Å². The molecule has 1 N–H and O–H groups in total. The summed E-state index contributed by atoms with van der Waals surface area (Å²) in [5.41, 5.74) is 1.15. The van der Waals surface area contributed by atoms with Gasteiger partial charge in [-0.3, -0.25) is 9.59 Å². The fraction of sp³-hybridized carbons (Fsp3) is 0.579. The fourth-order valence-corrected chi connectivity index (χ4v) is 3.59. The lowest BCUT2D eigenvalue weighted by Gasteiger charge is -2.34. The Kier molecular flexibility index (Phi) is 6.33. The SMILES string of the molecule is C=CCNC(=O)c1nc(C(=O)N2CCN(C(=O)OCC)CC2)n2c1CCCC2. The lowest BCUT2D eigenvalue weighted by molar-refractivity contribution is 0.0556. The van der Waals surface area contributed by atoms with E-state index >= 15 is 0 Å². The Morgan fingerprint density at radius 3 is 2.54 bits per heavy atom. The van der Waals surface area contributed by atoms with Crippen molar-refractivity contribution in [2.75, 3.05) is 39.3 Å². The smallest absolute Gasteiger partial charge is 0.409 e. The van der Waals surface area contributed by atoms with Crippen LogP contribution >= 0.6 is 0 Å². The van der Waals surface area contributed by atoms with Gasteiger partial charge in [-0.05, 0) is 26.2 Å². The Morgan fingerprint density at radius 2 is 1.86 bits per heavy atom. The van der Waals surface area contributed by atoms with Crippen LogP contribution in [0.3, 0.4) is 0 Å². The van der Waals surface area contributed by atoms with Crippen LogP contribution in [-0.4, -0.2) is 76.6 Å². The van der Waals surface area contributed by atoms with E-state index in [0.29, 0.717) is 57.4 Å². The van der Waals surface area contributed by atoms with Gasteiger partial charge >= 0.3 is 6.09 Å². The molecule has 3 heterocycles. The number of rotatable bonds is 5. The van der Waals surface area contributed by atoms with Gasteiger partial charge in [-0.25, -0.2) is 9.78 Å². The number of nitrogens with zero attached hydrogens (tertiary/aromatic N) is 4. The molecular formula is C19H27N5O4. The van der Waals surface area contributed by atoms with E-state index < -0.39 is 0 Å². The Balaban J connectivity index is 1.75. The maximum atomic E-state index is 13.1. The molecule has 3 amide bonds. The molecule has 1 aromatic heterocycles. The molecule has 9 nitrogen and oxygen atoms in total. The normalized spacial score (nSPS) is 16.3. The lowest BCUT2D eigenvalue weighted by Crippen LogP contribution is -2.51. The minimum absolute atomic E-state index is 0.200. The molecule has 0 aliphatic carbocycles. The third-order valence-electron chi connectivity index (χ3n) is 5.02. The molecule has 0 unspecified atom stereocenters. The minimum atomic E-state index is -0.353. The third kappa shape index (κ3) is 4.02. The maximum Gasteiger partial charge on any atom is 0.409 e. The summed E-state index contributed by atoms with van der Waals surface area (Å²) in [5, 5.41) is 2.74. The van der Waals surface area contributed by atoms with E-state index in [4.69, 9.17) is 4.74 Å². The van der Waals surface area contributed by atoms with Crippen molar-refractivity contribution in [2.24, 2.45) is 0 Å². The number of amides is 3. The molecule has 1 fully saturated rings. The predicted octanol–water partition coefficient (Wildman–Crippen LogP) is 1.05. The molecule has 1 aromatic rings.